The van der Waals surface area contributed by atoms with Gasteiger partial charge in [-0.1, -0.05) is 30.7 Å². The Morgan fingerprint density at radius 3 is 2.65 bits per heavy atom. The molecule has 1 rings (SSSR count). The number of hydrogen-bond donors (Lipinski definition) is 3. The maximum absolute atomic E-state index is 11.4. The van der Waals surface area contributed by atoms with Gasteiger partial charge in [0, 0.05) is 12.1 Å². The summed E-state index contributed by atoms with van der Waals surface area (Å²) in [5, 5.41) is 0.233. The van der Waals surface area contributed by atoms with Crippen molar-refractivity contribution >= 4 is 44.7 Å². The Morgan fingerprint density at radius 1 is 1.53 bits per heavy atom. The summed E-state index contributed by atoms with van der Waals surface area (Å²) in [6, 6.07) is 4.61. The van der Waals surface area contributed by atoms with Crippen LogP contribution in [0.15, 0.2) is 18.2 Å². The van der Waals surface area contributed by atoms with Gasteiger partial charge in [-0.3, -0.25) is 4.72 Å². The van der Waals surface area contributed by atoms with E-state index in [1.165, 1.54) is 12.1 Å². The maximum Gasteiger partial charge on any atom is 0.299 e. The van der Waals surface area contributed by atoms with Crippen molar-refractivity contribution in [3.05, 3.63) is 28.8 Å². The molecule has 8 heteroatoms. The van der Waals surface area contributed by atoms with Crippen molar-refractivity contribution in [2.75, 3.05) is 11.3 Å². The summed E-state index contributed by atoms with van der Waals surface area (Å²) in [6.07, 6.45) is 0. The average Bonchev–Trinajstić information content (AvgIpc) is 2.20. The molecule has 0 heterocycles. The molecule has 0 saturated carbocycles. The topological polar surface area (TPSA) is 84.2 Å². The van der Waals surface area contributed by atoms with Crippen LogP contribution in [0.1, 0.15) is 12.5 Å². The summed E-state index contributed by atoms with van der Waals surface area (Å²) in [4.78, 5) is 0.202. The summed E-state index contributed by atoms with van der Waals surface area (Å²) in [7, 11) is -3.59. The molecule has 0 saturated heterocycles. The largest absolute Gasteiger partial charge is 0.389 e. The van der Waals surface area contributed by atoms with E-state index in [0.29, 0.717) is 5.56 Å². The molecule has 0 atom stereocenters. The second-order valence-corrected chi connectivity index (χ2v) is 5.51. The van der Waals surface area contributed by atoms with Crippen molar-refractivity contribution in [2.24, 2.45) is 5.73 Å². The van der Waals surface area contributed by atoms with Gasteiger partial charge < -0.3 is 5.73 Å². The summed E-state index contributed by atoms with van der Waals surface area (Å²) < 4.78 is 27.5. The van der Waals surface area contributed by atoms with E-state index < -0.39 is 10.2 Å². The number of nitrogens with two attached hydrogens (primary N) is 1. The quantitative estimate of drug-likeness (QED) is 0.713. The van der Waals surface area contributed by atoms with Gasteiger partial charge in [-0.15, -0.1) is 0 Å². The zero-order valence-corrected chi connectivity index (χ0v) is 11.4. The van der Waals surface area contributed by atoms with E-state index in [1.807, 2.05) is 0 Å². The van der Waals surface area contributed by atoms with Crippen molar-refractivity contribution < 1.29 is 8.42 Å². The monoisotopic (exact) mass is 293 g/mol. The number of nitrogens with one attached hydrogen (secondary N) is 2. The third-order valence-electron chi connectivity index (χ3n) is 1.83. The molecule has 0 aliphatic heterocycles. The fourth-order valence-corrected chi connectivity index (χ4v) is 2.45. The average molecular weight is 294 g/mol. The highest BCUT2D eigenvalue weighted by atomic mass is 35.5. The Bertz CT molecular complexity index is 531. The van der Waals surface area contributed by atoms with Crippen LogP contribution in [0.3, 0.4) is 0 Å². The van der Waals surface area contributed by atoms with Crippen molar-refractivity contribution in [1.82, 2.24) is 4.72 Å². The second kappa shape index (κ2) is 5.63. The molecule has 0 radical (unpaired) electrons. The molecule has 1 aromatic rings. The predicted molar refractivity (Wildman–Crippen MR) is 73.6 cm³/mol. The standard InChI is InChI=1S/C9H12ClN3O2S2/c1-2-12-17(14,15)13-8-4-3-6(9(11)16)5-7(8)10/h3-5,12-13H,2H2,1H3,(H2,11,16). The van der Waals surface area contributed by atoms with E-state index in [0.717, 1.165) is 0 Å². The molecule has 4 N–H and O–H groups in total. The third kappa shape index (κ3) is 4.12. The lowest BCUT2D eigenvalue weighted by molar-refractivity contribution is 0.589. The first kappa shape index (κ1) is 14.2. The molecule has 0 aromatic heterocycles. The smallest absolute Gasteiger partial charge is 0.299 e. The number of thiocarbonyl (C=S) groups is 1. The zero-order valence-electron chi connectivity index (χ0n) is 9.03. The normalized spacial score (nSPS) is 11.2. The first-order valence-corrected chi connectivity index (χ1v) is 6.99. The molecule has 0 bridgehead atoms. The second-order valence-electron chi connectivity index (χ2n) is 3.16. The van der Waals surface area contributed by atoms with E-state index in [1.54, 1.807) is 13.0 Å². The van der Waals surface area contributed by atoms with Crippen molar-refractivity contribution in [1.29, 1.82) is 0 Å². The Balaban J connectivity index is 2.98. The van der Waals surface area contributed by atoms with E-state index >= 15 is 0 Å². The minimum Gasteiger partial charge on any atom is -0.389 e. The number of halogens is 1. The van der Waals surface area contributed by atoms with Crippen LogP contribution in [0.25, 0.3) is 0 Å². The zero-order chi connectivity index (χ0) is 13.1. The molecule has 0 aliphatic carbocycles. The lowest BCUT2D eigenvalue weighted by Crippen LogP contribution is -2.29. The van der Waals surface area contributed by atoms with E-state index in [4.69, 9.17) is 29.6 Å². The summed E-state index contributed by atoms with van der Waals surface area (Å²) in [5.74, 6) is 0. The summed E-state index contributed by atoms with van der Waals surface area (Å²) in [5.41, 5.74) is 6.28. The SMILES string of the molecule is CCNS(=O)(=O)Nc1ccc(C(N)=S)cc1Cl. The van der Waals surface area contributed by atoms with Gasteiger partial charge in [0.25, 0.3) is 10.2 Å². The van der Waals surface area contributed by atoms with Crippen LogP contribution >= 0.6 is 23.8 Å². The molecule has 94 valence electrons. The van der Waals surface area contributed by atoms with E-state index in [9.17, 15) is 8.42 Å². The highest BCUT2D eigenvalue weighted by Gasteiger charge is 2.11. The molecule has 0 fully saturated rings. The Labute approximate surface area is 111 Å². The molecular weight excluding hydrogens is 282 g/mol. The van der Waals surface area contributed by atoms with E-state index in [-0.39, 0.29) is 22.2 Å². The van der Waals surface area contributed by atoms with Gasteiger partial charge >= 0.3 is 0 Å². The van der Waals surface area contributed by atoms with Gasteiger partial charge in [0.05, 0.1) is 10.7 Å². The van der Waals surface area contributed by atoms with E-state index in [2.05, 4.69) is 9.44 Å². The lowest BCUT2D eigenvalue weighted by atomic mass is 10.2. The van der Waals surface area contributed by atoms with Crippen LogP contribution < -0.4 is 15.2 Å². The maximum atomic E-state index is 11.4. The Kier molecular flexibility index (Phi) is 4.70. The molecular formula is C9H12ClN3O2S2. The van der Waals surface area contributed by atoms with Crippen molar-refractivity contribution in [2.45, 2.75) is 6.92 Å². The molecule has 5 nitrogen and oxygen atoms in total. The van der Waals surface area contributed by atoms with Crippen LogP contribution in [0.4, 0.5) is 5.69 Å². The Morgan fingerprint density at radius 2 is 2.18 bits per heavy atom. The molecule has 1 aromatic carbocycles. The van der Waals surface area contributed by atoms with Crippen molar-refractivity contribution in [3.63, 3.8) is 0 Å². The molecule has 0 amide bonds. The highest BCUT2D eigenvalue weighted by Crippen LogP contribution is 2.23. The van der Waals surface area contributed by atoms with Crippen LogP contribution in [0, 0.1) is 0 Å². The van der Waals surface area contributed by atoms with Crippen LogP contribution in [-0.4, -0.2) is 20.0 Å². The first-order chi connectivity index (χ1) is 7.85. The summed E-state index contributed by atoms with van der Waals surface area (Å²) in [6.45, 7) is 1.97. The number of benzene rings is 1. The van der Waals surface area contributed by atoms with Gasteiger partial charge in [-0.2, -0.15) is 13.1 Å². The molecule has 0 spiro atoms. The fourth-order valence-electron chi connectivity index (χ4n) is 1.12. The fraction of sp³-hybridized carbons (Fsp3) is 0.222. The molecule has 17 heavy (non-hydrogen) atoms. The van der Waals surface area contributed by atoms with Crippen molar-refractivity contribution in [3.8, 4) is 0 Å². The summed E-state index contributed by atoms with van der Waals surface area (Å²) >= 11 is 10.7. The predicted octanol–water partition coefficient (Wildman–Crippen LogP) is 1.24. The first-order valence-electron chi connectivity index (χ1n) is 4.72. The number of anilines is 1. The Hall–Kier alpha value is -0.890. The lowest BCUT2D eigenvalue weighted by Gasteiger charge is -2.10. The minimum absolute atomic E-state index is 0.202. The van der Waals surface area contributed by atoms with Gasteiger partial charge in [0.2, 0.25) is 0 Å². The number of hydrogen-bond acceptors (Lipinski definition) is 3. The molecule has 0 unspecified atom stereocenters. The van der Waals surface area contributed by atoms with Crippen LogP contribution in [-0.2, 0) is 10.2 Å². The number of rotatable bonds is 5. The van der Waals surface area contributed by atoms with Gasteiger partial charge in [0.15, 0.2) is 0 Å². The van der Waals surface area contributed by atoms with Gasteiger partial charge in [-0.25, -0.2) is 0 Å². The third-order valence-corrected chi connectivity index (χ3v) is 3.54. The highest BCUT2D eigenvalue weighted by molar-refractivity contribution is 7.90. The minimum atomic E-state index is -3.59. The molecule has 0 aliphatic rings. The van der Waals surface area contributed by atoms with Gasteiger partial charge in [0.1, 0.15) is 4.99 Å². The van der Waals surface area contributed by atoms with Gasteiger partial charge in [-0.05, 0) is 18.2 Å². The van der Waals surface area contributed by atoms with Crippen LogP contribution in [0.2, 0.25) is 5.02 Å². The van der Waals surface area contributed by atoms with Crippen LogP contribution in [0.5, 0.6) is 0 Å².